The van der Waals surface area contributed by atoms with Gasteiger partial charge in [0.05, 0.1) is 11.3 Å². The van der Waals surface area contributed by atoms with Gasteiger partial charge < -0.3 is 15.5 Å². The Balaban J connectivity index is 1.82. The molecule has 3 aromatic rings. The van der Waals surface area contributed by atoms with Crippen LogP contribution in [0.15, 0.2) is 54.9 Å². The molecule has 0 aliphatic heterocycles. The van der Waals surface area contributed by atoms with Crippen LogP contribution in [0.3, 0.4) is 0 Å². The topological polar surface area (TPSA) is 66.0 Å². The Hall–Kier alpha value is -3.20. The molecule has 0 fully saturated rings. The number of nitrogens with one attached hydrogen (secondary N) is 2. The van der Waals surface area contributed by atoms with Gasteiger partial charge in [-0.3, -0.25) is 4.98 Å². The highest BCUT2D eigenvalue weighted by molar-refractivity contribution is 5.67. The predicted octanol–water partition coefficient (Wildman–Crippen LogP) is 4.66. The van der Waals surface area contributed by atoms with Gasteiger partial charge in [0, 0.05) is 36.3 Å². The van der Waals surface area contributed by atoms with Crippen LogP contribution in [-0.2, 0) is 6.18 Å². The van der Waals surface area contributed by atoms with Crippen molar-refractivity contribution in [2.24, 2.45) is 0 Å². The van der Waals surface area contributed by atoms with Gasteiger partial charge >= 0.3 is 6.18 Å². The number of hydrogen-bond donors (Lipinski definition) is 2. The van der Waals surface area contributed by atoms with Crippen molar-refractivity contribution in [3.8, 4) is 11.3 Å². The average molecular weight is 416 g/mol. The number of halogens is 3. The minimum absolute atomic E-state index is 0.442. The molecule has 0 aliphatic rings. The number of pyridine rings is 1. The van der Waals surface area contributed by atoms with Crippen LogP contribution in [0.4, 0.5) is 30.6 Å². The summed E-state index contributed by atoms with van der Waals surface area (Å²) < 4.78 is 38.3. The van der Waals surface area contributed by atoms with Crippen LogP contribution in [0.2, 0.25) is 0 Å². The van der Waals surface area contributed by atoms with Gasteiger partial charge in [-0.15, -0.1) is 0 Å². The molecule has 2 heterocycles. The second-order valence-electron chi connectivity index (χ2n) is 6.98. The molecule has 0 spiro atoms. The standard InChI is InChI=1S/C21H23F3N6/c1-30(2)13-3-10-26-20-28-18(15-8-11-25-12-9-15)14-19(29-20)27-17-6-4-16(5-7-17)21(22,23)24/h4-9,11-12,14H,3,10,13H2,1-2H3,(H2,26,27,28,29). The molecule has 1 aromatic carbocycles. The SMILES string of the molecule is CN(C)CCCNc1nc(Nc2ccc(C(F)(F)F)cc2)cc(-c2ccncc2)n1. The van der Waals surface area contributed by atoms with E-state index in [4.69, 9.17) is 0 Å². The summed E-state index contributed by atoms with van der Waals surface area (Å²) in [5, 5.41) is 6.27. The lowest BCUT2D eigenvalue weighted by atomic mass is 10.2. The number of benzene rings is 1. The van der Waals surface area contributed by atoms with E-state index in [0.29, 0.717) is 29.7 Å². The minimum atomic E-state index is -4.37. The zero-order valence-corrected chi connectivity index (χ0v) is 16.7. The third kappa shape index (κ3) is 6.15. The fraction of sp³-hybridized carbons (Fsp3) is 0.286. The van der Waals surface area contributed by atoms with Gasteiger partial charge in [-0.05, 0) is 63.5 Å². The summed E-state index contributed by atoms with van der Waals surface area (Å²) in [5.74, 6) is 0.921. The Labute approximate surface area is 173 Å². The highest BCUT2D eigenvalue weighted by Gasteiger charge is 2.29. The number of alkyl halides is 3. The zero-order chi connectivity index (χ0) is 21.6. The number of hydrogen-bond acceptors (Lipinski definition) is 6. The lowest BCUT2D eigenvalue weighted by Gasteiger charge is -2.13. The zero-order valence-electron chi connectivity index (χ0n) is 16.7. The molecule has 0 saturated heterocycles. The Morgan fingerprint density at radius 2 is 1.67 bits per heavy atom. The van der Waals surface area contributed by atoms with E-state index in [9.17, 15) is 13.2 Å². The number of nitrogens with zero attached hydrogens (tertiary/aromatic N) is 4. The van der Waals surface area contributed by atoms with E-state index >= 15 is 0 Å². The van der Waals surface area contributed by atoms with Gasteiger partial charge in [-0.25, -0.2) is 4.98 Å². The summed E-state index contributed by atoms with van der Waals surface area (Å²) in [7, 11) is 4.01. The molecule has 158 valence electrons. The average Bonchev–Trinajstić information content (AvgIpc) is 2.71. The van der Waals surface area contributed by atoms with Crippen LogP contribution in [0.25, 0.3) is 11.3 Å². The van der Waals surface area contributed by atoms with Crippen LogP contribution >= 0.6 is 0 Å². The van der Waals surface area contributed by atoms with E-state index < -0.39 is 11.7 Å². The van der Waals surface area contributed by atoms with Gasteiger partial charge in [0.1, 0.15) is 5.82 Å². The van der Waals surface area contributed by atoms with Crippen molar-refractivity contribution in [1.29, 1.82) is 0 Å². The molecule has 0 atom stereocenters. The maximum atomic E-state index is 12.8. The van der Waals surface area contributed by atoms with Crippen LogP contribution in [0.5, 0.6) is 0 Å². The Kier molecular flexibility index (Phi) is 6.83. The van der Waals surface area contributed by atoms with Gasteiger partial charge in [0.15, 0.2) is 0 Å². The Morgan fingerprint density at radius 1 is 0.967 bits per heavy atom. The van der Waals surface area contributed by atoms with Gasteiger partial charge in [0.2, 0.25) is 5.95 Å². The molecule has 6 nitrogen and oxygen atoms in total. The second-order valence-corrected chi connectivity index (χ2v) is 6.98. The quantitative estimate of drug-likeness (QED) is 0.521. The molecule has 30 heavy (non-hydrogen) atoms. The molecular weight excluding hydrogens is 393 g/mol. The molecule has 0 radical (unpaired) electrons. The van der Waals surface area contributed by atoms with Crippen molar-refractivity contribution in [1.82, 2.24) is 19.9 Å². The van der Waals surface area contributed by atoms with Crippen molar-refractivity contribution in [3.63, 3.8) is 0 Å². The van der Waals surface area contributed by atoms with E-state index in [0.717, 1.165) is 30.7 Å². The smallest absolute Gasteiger partial charge is 0.354 e. The predicted molar refractivity (Wildman–Crippen MR) is 112 cm³/mol. The van der Waals surface area contributed by atoms with E-state index in [1.54, 1.807) is 18.5 Å². The van der Waals surface area contributed by atoms with E-state index in [-0.39, 0.29) is 0 Å². The molecule has 3 rings (SSSR count). The molecule has 2 N–H and O–H groups in total. The van der Waals surface area contributed by atoms with Gasteiger partial charge in [-0.2, -0.15) is 18.2 Å². The first-order chi connectivity index (χ1) is 14.3. The number of aromatic nitrogens is 3. The van der Waals surface area contributed by atoms with Crippen LogP contribution in [0.1, 0.15) is 12.0 Å². The van der Waals surface area contributed by atoms with Crippen LogP contribution in [-0.4, -0.2) is 47.0 Å². The third-order valence-corrected chi connectivity index (χ3v) is 4.25. The van der Waals surface area contributed by atoms with E-state index in [1.165, 1.54) is 12.1 Å². The molecule has 2 aromatic heterocycles. The van der Waals surface area contributed by atoms with Gasteiger partial charge in [-0.1, -0.05) is 0 Å². The van der Waals surface area contributed by atoms with E-state index in [1.807, 2.05) is 26.2 Å². The van der Waals surface area contributed by atoms with Crippen LogP contribution in [0, 0.1) is 0 Å². The van der Waals surface area contributed by atoms with Crippen molar-refractivity contribution >= 4 is 17.5 Å². The number of rotatable bonds is 8. The summed E-state index contributed by atoms with van der Waals surface area (Å²) in [6.45, 7) is 1.62. The first-order valence-electron chi connectivity index (χ1n) is 9.43. The summed E-state index contributed by atoms with van der Waals surface area (Å²) >= 11 is 0. The molecular formula is C21H23F3N6. The van der Waals surface area contributed by atoms with Crippen molar-refractivity contribution in [3.05, 3.63) is 60.4 Å². The van der Waals surface area contributed by atoms with Crippen LogP contribution < -0.4 is 10.6 Å². The molecule has 0 amide bonds. The molecule has 0 aliphatic carbocycles. The minimum Gasteiger partial charge on any atom is -0.354 e. The maximum Gasteiger partial charge on any atom is 0.416 e. The Bertz CT molecular complexity index is 943. The highest BCUT2D eigenvalue weighted by atomic mass is 19.4. The van der Waals surface area contributed by atoms with Crippen molar-refractivity contribution in [2.75, 3.05) is 37.8 Å². The Morgan fingerprint density at radius 3 is 2.30 bits per heavy atom. The lowest BCUT2D eigenvalue weighted by molar-refractivity contribution is -0.137. The summed E-state index contributed by atoms with van der Waals surface area (Å²) in [5.41, 5.74) is 1.34. The van der Waals surface area contributed by atoms with Crippen molar-refractivity contribution in [2.45, 2.75) is 12.6 Å². The van der Waals surface area contributed by atoms with E-state index in [2.05, 4.69) is 30.5 Å². The molecule has 0 saturated carbocycles. The first kappa shape index (κ1) is 21.5. The summed E-state index contributed by atoms with van der Waals surface area (Å²) in [6, 6.07) is 10.2. The summed E-state index contributed by atoms with van der Waals surface area (Å²) in [6.07, 6.45) is -0.113. The number of anilines is 3. The molecule has 9 heteroatoms. The largest absolute Gasteiger partial charge is 0.416 e. The maximum absolute atomic E-state index is 12.8. The lowest BCUT2D eigenvalue weighted by Crippen LogP contribution is -2.17. The van der Waals surface area contributed by atoms with Crippen molar-refractivity contribution < 1.29 is 13.2 Å². The summed E-state index contributed by atoms with van der Waals surface area (Å²) in [4.78, 5) is 15.1. The third-order valence-electron chi connectivity index (χ3n) is 4.25. The van der Waals surface area contributed by atoms with Gasteiger partial charge in [0.25, 0.3) is 0 Å². The molecule has 0 bridgehead atoms. The highest BCUT2D eigenvalue weighted by Crippen LogP contribution is 2.30. The fourth-order valence-electron chi connectivity index (χ4n) is 2.75. The monoisotopic (exact) mass is 416 g/mol. The fourth-order valence-corrected chi connectivity index (χ4v) is 2.75. The first-order valence-corrected chi connectivity index (χ1v) is 9.43. The normalized spacial score (nSPS) is 11.5. The molecule has 0 unspecified atom stereocenters. The second kappa shape index (κ2) is 9.53.